The monoisotopic (exact) mass is 210 g/mol. The summed E-state index contributed by atoms with van der Waals surface area (Å²) in [4.78, 5) is 2.96. The number of hydrogen-bond acceptors (Lipinski definition) is 1. The molecule has 3 N–H and O–H groups in total. The highest BCUT2D eigenvalue weighted by molar-refractivity contribution is 5.83. The number of rotatable bonds is 3. The summed E-state index contributed by atoms with van der Waals surface area (Å²) in [5.74, 6) is -2.83. The molecule has 15 heavy (non-hydrogen) atoms. The van der Waals surface area contributed by atoms with Crippen molar-refractivity contribution in [2.45, 2.75) is 12.3 Å². The van der Waals surface area contributed by atoms with Crippen molar-refractivity contribution in [2.75, 3.05) is 6.54 Å². The lowest BCUT2D eigenvalue weighted by Gasteiger charge is -2.12. The smallest absolute Gasteiger partial charge is 0.264 e. The Hall–Kier alpha value is -1.42. The highest BCUT2D eigenvalue weighted by Gasteiger charge is 2.28. The number of hydrogen-bond donors (Lipinski definition) is 2. The lowest BCUT2D eigenvalue weighted by molar-refractivity contribution is 0.0118. The zero-order valence-corrected chi connectivity index (χ0v) is 8.13. The van der Waals surface area contributed by atoms with Crippen LogP contribution in [0.2, 0.25) is 0 Å². The van der Waals surface area contributed by atoms with E-state index < -0.39 is 12.5 Å². The van der Waals surface area contributed by atoms with Gasteiger partial charge in [-0.25, -0.2) is 8.78 Å². The number of aromatic nitrogens is 1. The standard InChI is InChI=1S/C11H12F2N2/c12-11(13,7-14)5-8-6-15-10-4-2-1-3-9(8)10/h1-4,6,15H,5,7,14H2. The normalized spacial score (nSPS) is 12.2. The molecule has 0 saturated carbocycles. The van der Waals surface area contributed by atoms with Crippen LogP contribution >= 0.6 is 0 Å². The average molecular weight is 210 g/mol. The Balaban J connectivity index is 2.37. The minimum Gasteiger partial charge on any atom is -0.361 e. The molecule has 0 atom stereocenters. The van der Waals surface area contributed by atoms with Crippen LogP contribution < -0.4 is 5.73 Å². The third-order valence-electron chi connectivity index (χ3n) is 2.42. The largest absolute Gasteiger partial charge is 0.361 e. The van der Waals surface area contributed by atoms with Crippen molar-refractivity contribution < 1.29 is 8.78 Å². The van der Waals surface area contributed by atoms with Crippen LogP contribution in [0.4, 0.5) is 8.78 Å². The zero-order chi connectivity index (χ0) is 10.9. The van der Waals surface area contributed by atoms with Crippen molar-refractivity contribution in [3.05, 3.63) is 36.0 Å². The Kier molecular flexibility index (Phi) is 2.44. The first-order valence-corrected chi connectivity index (χ1v) is 4.75. The molecule has 2 nitrogen and oxygen atoms in total. The number of para-hydroxylation sites is 1. The van der Waals surface area contributed by atoms with Crippen LogP contribution in [0, 0.1) is 0 Å². The summed E-state index contributed by atoms with van der Waals surface area (Å²) in [6.45, 7) is -0.619. The Labute approximate surface area is 86.1 Å². The van der Waals surface area contributed by atoms with Gasteiger partial charge in [-0.3, -0.25) is 0 Å². The van der Waals surface area contributed by atoms with Crippen LogP contribution in [0.5, 0.6) is 0 Å². The van der Waals surface area contributed by atoms with Gasteiger partial charge >= 0.3 is 0 Å². The second-order valence-corrected chi connectivity index (χ2v) is 3.60. The first-order chi connectivity index (χ1) is 7.12. The van der Waals surface area contributed by atoms with Gasteiger partial charge < -0.3 is 10.7 Å². The summed E-state index contributed by atoms with van der Waals surface area (Å²) >= 11 is 0. The van der Waals surface area contributed by atoms with Crippen LogP contribution in [-0.4, -0.2) is 17.5 Å². The van der Waals surface area contributed by atoms with Gasteiger partial charge in [-0.1, -0.05) is 18.2 Å². The number of nitrogens with two attached hydrogens (primary N) is 1. The van der Waals surface area contributed by atoms with Gasteiger partial charge in [0.25, 0.3) is 5.92 Å². The minimum absolute atomic E-state index is 0.312. The van der Waals surface area contributed by atoms with E-state index >= 15 is 0 Å². The molecule has 1 aromatic carbocycles. The highest BCUT2D eigenvalue weighted by Crippen LogP contribution is 2.24. The van der Waals surface area contributed by atoms with Crippen molar-refractivity contribution in [1.29, 1.82) is 0 Å². The number of fused-ring (bicyclic) bond motifs is 1. The Morgan fingerprint density at radius 2 is 2.00 bits per heavy atom. The van der Waals surface area contributed by atoms with Crippen molar-refractivity contribution in [3.8, 4) is 0 Å². The van der Waals surface area contributed by atoms with E-state index in [-0.39, 0.29) is 6.42 Å². The molecule has 0 aliphatic carbocycles. The SMILES string of the molecule is NCC(F)(F)Cc1c[nH]c2ccccc12. The molecule has 1 aromatic heterocycles. The van der Waals surface area contributed by atoms with E-state index in [2.05, 4.69) is 4.98 Å². The molecule has 0 saturated heterocycles. The number of halogens is 2. The van der Waals surface area contributed by atoms with Crippen LogP contribution in [0.25, 0.3) is 10.9 Å². The summed E-state index contributed by atoms with van der Waals surface area (Å²) in [5.41, 5.74) is 6.49. The van der Waals surface area contributed by atoms with Crippen molar-refractivity contribution in [1.82, 2.24) is 4.98 Å². The molecule has 0 fully saturated rings. The molecular formula is C11H12F2N2. The van der Waals surface area contributed by atoms with Crippen LogP contribution in [0.3, 0.4) is 0 Å². The van der Waals surface area contributed by atoms with Gasteiger partial charge in [-0.15, -0.1) is 0 Å². The fourth-order valence-electron chi connectivity index (χ4n) is 1.63. The van der Waals surface area contributed by atoms with Crippen molar-refractivity contribution in [3.63, 3.8) is 0 Å². The molecular weight excluding hydrogens is 198 g/mol. The number of benzene rings is 1. The number of nitrogens with one attached hydrogen (secondary N) is 1. The summed E-state index contributed by atoms with van der Waals surface area (Å²) in [6, 6.07) is 7.39. The van der Waals surface area contributed by atoms with Crippen molar-refractivity contribution in [2.24, 2.45) is 5.73 Å². The third kappa shape index (κ3) is 1.99. The molecule has 2 aromatic rings. The highest BCUT2D eigenvalue weighted by atomic mass is 19.3. The number of alkyl halides is 2. The van der Waals surface area contributed by atoms with E-state index in [0.717, 1.165) is 10.9 Å². The Morgan fingerprint density at radius 1 is 1.27 bits per heavy atom. The summed E-state index contributed by atoms with van der Waals surface area (Å²) in [7, 11) is 0. The Bertz CT molecular complexity index is 462. The van der Waals surface area contributed by atoms with Gasteiger partial charge in [-0.05, 0) is 11.6 Å². The maximum Gasteiger partial charge on any atom is 0.264 e. The molecule has 0 spiro atoms. The topological polar surface area (TPSA) is 41.8 Å². The maximum absolute atomic E-state index is 13.1. The molecule has 80 valence electrons. The van der Waals surface area contributed by atoms with E-state index in [1.165, 1.54) is 0 Å². The second-order valence-electron chi connectivity index (χ2n) is 3.60. The van der Waals surface area contributed by atoms with Crippen molar-refractivity contribution >= 4 is 10.9 Å². The van der Waals surface area contributed by atoms with Crippen LogP contribution in [0.15, 0.2) is 30.5 Å². The first kappa shape index (κ1) is 10.1. The molecule has 0 radical (unpaired) electrons. The van der Waals surface area contributed by atoms with Crippen LogP contribution in [0.1, 0.15) is 5.56 Å². The molecule has 2 rings (SSSR count). The first-order valence-electron chi connectivity index (χ1n) is 4.75. The van der Waals surface area contributed by atoms with E-state index in [9.17, 15) is 8.78 Å². The van der Waals surface area contributed by atoms with E-state index in [1.54, 1.807) is 6.20 Å². The molecule has 4 heteroatoms. The molecule has 0 aliphatic heterocycles. The minimum atomic E-state index is -2.83. The fraction of sp³-hybridized carbons (Fsp3) is 0.273. The summed E-state index contributed by atoms with van der Waals surface area (Å²) < 4.78 is 26.2. The molecule has 0 amide bonds. The Morgan fingerprint density at radius 3 is 2.73 bits per heavy atom. The maximum atomic E-state index is 13.1. The predicted octanol–water partition coefficient (Wildman–Crippen LogP) is 2.30. The quantitative estimate of drug-likeness (QED) is 0.802. The number of H-pyrrole nitrogens is 1. The van der Waals surface area contributed by atoms with E-state index in [1.807, 2.05) is 24.3 Å². The van der Waals surface area contributed by atoms with Gasteiger partial charge in [0.15, 0.2) is 0 Å². The second kappa shape index (κ2) is 3.62. The zero-order valence-electron chi connectivity index (χ0n) is 8.13. The van der Waals surface area contributed by atoms with Gasteiger partial charge in [-0.2, -0.15) is 0 Å². The molecule has 0 unspecified atom stereocenters. The third-order valence-corrected chi connectivity index (χ3v) is 2.42. The fourth-order valence-corrected chi connectivity index (χ4v) is 1.63. The lowest BCUT2D eigenvalue weighted by atomic mass is 10.1. The average Bonchev–Trinajstić information content (AvgIpc) is 2.62. The molecule has 0 aliphatic rings. The summed E-state index contributed by atoms with van der Waals surface area (Å²) in [5, 5.41) is 0.839. The van der Waals surface area contributed by atoms with Gasteiger partial charge in [0, 0.05) is 23.5 Å². The van der Waals surface area contributed by atoms with E-state index in [0.29, 0.717) is 5.56 Å². The molecule has 0 bridgehead atoms. The van der Waals surface area contributed by atoms with Crippen LogP contribution in [-0.2, 0) is 6.42 Å². The van der Waals surface area contributed by atoms with Gasteiger partial charge in [0.05, 0.1) is 6.54 Å². The molecule has 1 heterocycles. The summed E-state index contributed by atoms with van der Waals surface area (Å²) in [6.07, 6.45) is 1.31. The van der Waals surface area contributed by atoms with Gasteiger partial charge in [0.1, 0.15) is 0 Å². The predicted molar refractivity (Wildman–Crippen MR) is 56.0 cm³/mol. The van der Waals surface area contributed by atoms with E-state index in [4.69, 9.17) is 5.73 Å². The van der Waals surface area contributed by atoms with Gasteiger partial charge in [0.2, 0.25) is 0 Å². The lowest BCUT2D eigenvalue weighted by Crippen LogP contribution is -2.30. The number of aromatic amines is 1.